The van der Waals surface area contributed by atoms with Crippen molar-refractivity contribution in [1.29, 1.82) is 0 Å². The Bertz CT molecular complexity index is 1030. The first kappa shape index (κ1) is 20.1. The molecule has 3 rings (SSSR count). The van der Waals surface area contributed by atoms with Gasteiger partial charge in [0.2, 0.25) is 0 Å². The lowest BCUT2D eigenvalue weighted by Gasteiger charge is -2.12. The fourth-order valence-electron chi connectivity index (χ4n) is 2.69. The Morgan fingerprint density at radius 1 is 0.966 bits per heavy atom. The molecule has 9 heteroatoms. The molecule has 2 amide bonds. The summed E-state index contributed by atoms with van der Waals surface area (Å²) >= 11 is 0. The van der Waals surface area contributed by atoms with Gasteiger partial charge in [0.15, 0.2) is 0 Å². The highest BCUT2D eigenvalue weighted by Crippen LogP contribution is 2.29. The van der Waals surface area contributed by atoms with E-state index in [1.54, 1.807) is 31.2 Å². The van der Waals surface area contributed by atoms with Crippen LogP contribution in [0.3, 0.4) is 0 Å². The summed E-state index contributed by atoms with van der Waals surface area (Å²) in [4.78, 5) is 24.5. The molecule has 0 unspecified atom stereocenters. The van der Waals surface area contributed by atoms with Crippen LogP contribution in [-0.2, 0) is 12.6 Å². The van der Waals surface area contributed by atoms with E-state index in [1.807, 2.05) is 0 Å². The quantitative estimate of drug-likeness (QED) is 0.651. The molecule has 1 aromatic heterocycles. The Hall–Kier alpha value is -3.62. The highest BCUT2D eigenvalue weighted by molar-refractivity contribution is 6.00. The smallest absolute Gasteiger partial charge is 0.361 e. The number of alkyl halides is 3. The van der Waals surface area contributed by atoms with Gasteiger partial charge in [-0.05, 0) is 42.7 Å². The summed E-state index contributed by atoms with van der Waals surface area (Å²) in [5, 5.41) is 3.49. The lowest BCUT2D eigenvalue weighted by atomic mass is 9.98. The van der Waals surface area contributed by atoms with Crippen molar-refractivity contribution >= 4 is 11.8 Å². The van der Waals surface area contributed by atoms with E-state index in [1.165, 1.54) is 18.3 Å². The number of hydrazine groups is 1. The van der Waals surface area contributed by atoms with Gasteiger partial charge in [-0.25, -0.2) is 0 Å². The second-order valence-corrected chi connectivity index (χ2v) is 6.23. The molecular weight excluding hydrogens is 387 g/mol. The second-order valence-electron chi connectivity index (χ2n) is 6.23. The number of carbonyl (C=O) groups excluding carboxylic acids is 2. The van der Waals surface area contributed by atoms with Gasteiger partial charge in [0.05, 0.1) is 11.8 Å². The number of aromatic nitrogens is 1. The van der Waals surface area contributed by atoms with Crippen molar-refractivity contribution in [3.8, 4) is 0 Å². The van der Waals surface area contributed by atoms with E-state index in [-0.39, 0.29) is 17.5 Å². The van der Waals surface area contributed by atoms with Crippen molar-refractivity contribution in [1.82, 2.24) is 16.0 Å². The molecule has 1 heterocycles. The summed E-state index contributed by atoms with van der Waals surface area (Å²) in [5.74, 6) is -0.841. The van der Waals surface area contributed by atoms with E-state index >= 15 is 0 Å². The minimum Gasteiger partial charge on any atom is -0.361 e. The molecule has 0 atom stereocenters. The first-order valence-corrected chi connectivity index (χ1v) is 8.51. The van der Waals surface area contributed by atoms with Gasteiger partial charge in [0.25, 0.3) is 11.8 Å². The maximum Gasteiger partial charge on any atom is 0.416 e. The first-order valence-electron chi connectivity index (χ1n) is 8.51. The van der Waals surface area contributed by atoms with Gasteiger partial charge in [-0.1, -0.05) is 35.5 Å². The molecule has 2 N–H and O–H groups in total. The van der Waals surface area contributed by atoms with E-state index in [2.05, 4.69) is 16.0 Å². The molecule has 0 aliphatic rings. The van der Waals surface area contributed by atoms with Crippen LogP contribution in [-0.4, -0.2) is 17.0 Å². The molecule has 3 aromatic rings. The topological polar surface area (TPSA) is 84.2 Å². The number of carbonyl (C=O) groups is 2. The Morgan fingerprint density at radius 2 is 1.59 bits per heavy atom. The number of halogens is 3. The molecule has 29 heavy (non-hydrogen) atoms. The number of aryl methyl sites for hydroxylation is 1. The Balaban J connectivity index is 1.70. The van der Waals surface area contributed by atoms with Crippen LogP contribution < -0.4 is 10.9 Å². The van der Waals surface area contributed by atoms with Crippen molar-refractivity contribution in [2.24, 2.45) is 0 Å². The summed E-state index contributed by atoms with van der Waals surface area (Å²) < 4.78 is 42.9. The highest BCUT2D eigenvalue weighted by atomic mass is 19.4. The van der Waals surface area contributed by atoms with Crippen LogP contribution in [0, 0.1) is 6.92 Å². The molecule has 0 fully saturated rings. The third-order valence-electron chi connectivity index (χ3n) is 4.22. The Kier molecular flexibility index (Phi) is 5.67. The van der Waals surface area contributed by atoms with Gasteiger partial charge < -0.3 is 4.52 Å². The van der Waals surface area contributed by atoms with Crippen LogP contribution in [0.25, 0.3) is 0 Å². The van der Waals surface area contributed by atoms with E-state index < -0.39 is 23.6 Å². The zero-order chi connectivity index (χ0) is 21.0. The summed E-state index contributed by atoms with van der Waals surface area (Å²) in [6.45, 7) is 1.56. The third-order valence-corrected chi connectivity index (χ3v) is 4.22. The van der Waals surface area contributed by atoms with Crippen LogP contribution in [0.5, 0.6) is 0 Å². The van der Waals surface area contributed by atoms with Crippen molar-refractivity contribution < 1.29 is 27.3 Å². The molecule has 0 aliphatic carbocycles. The van der Waals surface area contributed by atoms with Crippen molar-refractivity contribution in [3.05, 3.63) is 88.3 Å². The standard InChI is InChI=1S/C20H16F3N3O3/c1-12-17(11-24-29-12)19(28)26-25-18(27)16-5-3-2-4-14(16)10-13-6-8-15(9-7-13)20(21,22)23/h2-9,11H,10H2,1H3,(H,25,27)(H,26,28). The van der Waals surface area contributed by atoms with Gasteiger partial charge in [-0.2, -0.15) is 13.2 Å². The van der Waals surface area contributed by atoms with Crippen molar-refractivity contribution in [3.63, 3.8) is 0 Å². The summed E-state index contributed by atoms with van der Waals surface area (Å²) in [6.07, 6.45) is -2.92. The molecule has 0 saturated heterocycles. The van der Waals surface area contributed by atoms with E-state index in [0.717, 1.165) is 12.1 Å². The third kappa shape index (κ3) is 4.81. The Labute approximate surface area is 163 Å². The van der Waals surface area contributed by atoms with Crippen LogP contribution in [0.1, 0.15) is 43.2 Å². The number of nitrogens with zero attached hydrogens (tertiary/aromatic N) is 1. The summed E-state index contributed by atoms with van der Waals surface area (Å²) in [7, 11) is 0. The van der Waals surface area contributed by atoms with Gasteiger partial charge in [-0.3, -0.25) is 20.4 Å². The van der Waals surface area contributed by atoms with Gasteiger partial charge in [0.1, 0.15) is 11.3 Å². The predicted octanol–water partition coefficient (Wildman–Crippen LogP) is 3.67. The first-order chi connectivity index (χ1) is 13.8. The largest absolute Gasteiger partial charge is 0.416 e. The van der Waals surface area contributed by atoms with E-state index in [0.29, 0.717) is 16.9 Å². The summed E-state index contributed by atoms with van der Waals surface area (Å²) in [6, 6.07) is 11.4. The van der Waals surface area contributed by atoms with E-state index in [4.69, 9.17) is 4.52 Å². The maximum absolute atomic E-state index is 12.7. The van der Waals surface area contributed by atoms with Crippen molar-refractivity contribution in [2.75, 3.05) is 0 Å². The minimum absolute atomic E-state index is 0.184. The van der Waals surface area contributed by atoms with Crippen LogP contribution in [0.4, 0.5) is 13.2 Å². The number of amides is 2. The number of hydrogen-bond donors (Lipinski definition) is 2. The average Bonchev–Trinajstić information content (AvgIpc) is 3.12. The van der Waals surface area contributed by atoms with Crippen molar-refractivity contribution in [2.45, 2.75) is 19.5 Å². The number of hydrogen-bond acceptors (Lipinski definition) is 4. The van der Waals surface area contributed by atoms with E-state index in [9.17, 15) is 22.8 Å². The number of benzene rings is 2. The zero-order valence-corrected chi connectivity index (χ0v) is 15.2. The number of nitrogens with one attached hydrogen (secondary N) is 2. The number of rotatable bonds is 4. The SMILES string of the molecule is Cc1oncc1C(=O)NNC(=O)c1ccccc1Cc1ccc(C(F)(F)F)cc1. The monoisotopic (exact) mass is 403 g/mol. The van der Waals surface area contributed by atoms with Crippen LogP contribution in [0.15, 0.2) is 59.3 Å². The average molecular weight is 403 g/mol. The maximum atomic E-state index is 12.7. The second kappa shape index (κ2) is 8.17. The molecule has 150 valence electrons. The Morgan fingerprint density at radius 3 is 2.17 bits per heavy atom. The molecule has 0 spiro atoms. The molecule has 6 nitrogen and oxygen atoms in total. The molecule has 0 aliphatic heterocycles. The highest BCUT2D eigenvalue weighted by Gasteiger charge is 2.30. The van der Waals surface area contributed by atoms with Gasteiger partial charge in [0, 0.05) is 5.56 Å². The predicted molar refractivity (Wildman–Crippen MR) is 96.9 cm³/mol. The molecular formula is C20H16F3N3O3. The normalized spacial score (nSPS) is 11.2. The van der Waals surface area contributed by atoms with Gasteiger partial charge >= 0.3 is 6.18 Å². The molecule has 0 saturated carbocycles. The molecule has 2 aromatic carbocycles. The summed E-state index contributed by atoms with van der Waals surface area (Å²) in [5.41, 5.74) is 5.53. The van der Waals surface area contributed by atoms with Crippen LogP contribution in [0.2, 0.25) is 0 Å². The minimum atomic E-state index is -4.41. The zero-order valence-electron chi connectivity index (χ0n) is 15.2. The fourth-order valence-corrected chi connectivity index (χ4v) is 2.69. The molecule has 0 radical (unpaired) electrons. The lowest BCUT2D eigenvalue weighted by Crippen LogP contribution is -2.42. The fraction of sp³-hybridized carbons (Fsp3) is 0.150. The van der Waals surface area contributed by atoms with Gasteiger partial charge in [-0.15, -0.1) is 0 Å². The molecule has 0 bridgehead atoms. The van der Waals surface area contributed by atoms with Crippen LogP contribution >= 0.6 is 0 Å². The lowest BCUT2D eigenvalue weighted by molar-refractivity contribution is -0.137.